The van der Waals surface area contributed by atoms with Gasteiger partial charge in [-0.15, -0.1) is 0 Å². The first kappa shape index (κ1) is 16.6. The highest BCUT2D eigenvalue weighted by atomic mass is 31.2. The molecule has 118 valence electrons. The molecule has 0 spiro atoms. The van der Waals surface area contributed by atoms with Crippen LogP contribution < -0.4 is 4.74 Å². The first-order valence-corrected chi connectivity index (χ1v) is 8.75. The number of rotatable bonds is 6. The Labute approximate surface area is 129 Å². The van der Waals surface area contributed by atoms with Crippen molar-refractivity contribution in [2.45, 2.75) is 19.5 Å². The molecule has 22 heavy (non-hydrogen) atoms. The summed E-state index contributed by atoms with van der Waals surface area (Å²) in [4.78, 5) is 18.1. The van der Waals surface area contributed by atoms with Crippen LogP contribution in [0, 0.1) is 0 Å². The smallest absolute Gasteiger partial charge is 0.329 e. The molecule has 0 bridgehead atoms. The third-order valence-electron chi connectivity index (χ3n) is 3.19. The Kier molecular flexibility index (Phi) is 5.24. The van der Waals surface area contributed by atoms with Crippen LogP contribution in [0.25, 0.3) is 0 Å². The molecule has 0 radical (unpaired) electrons. The number of hydrogen-bond donors (Lipinski definition) is 3. The van der Waals surface area contributed by atoms with Gasteiger partial charge in [-0.05, 0) is 35.7 Å². The Morgan fingerprint density at radius 3 is 2.50 bits per heavy atom. The number of benzene rings is 2. The summed E-state index contributed by atoms with van der Waals surface area (Å²) in [6, 6.07) is 12.1. The highest BCUT2D eigenvalue weighted by Crippen LogP contribution is 2.40. The summed E-state index contributed by atoms with van der Waals surface area (Å²) in [5.74, 6) is 0.838. The third kappa shape index (κ3) is 4.60. The number of ether oxygens (including phenoxy) is 1. The Morgan fingerprint density at radius 1 is 1.09 bits per heavy atom. The monoisotopic (exact) mass is 322 g/mol. The van der Waals surface area contributed by atoms with E-state index >= 15 is 0 Å². The molecule has 0 saturated heterocycles. The van der Waals surface area contributed by atoms with Crippen LogP contribution in [0.2, 0.25) is 0 Å². The summed E-state index contributed by atoms with van der Waals surface area (Å²) in [5.41, 5.74) is 2.01. The van der Waals surface area contributed by atoms with Crippen molar-refractivity contribution in [2.75, 3.05) is 6.61 Å². The normalized spacial score (nSPS) is 11.4. The number of phenolic OH excluding ortho intramolecular Hbond substituents is 1. The van der Waals surface area contributed by atoms with Crippen LogP contribution in [0.3, 0.4) is 0 Å². The maximum atomic E-state index is 11.1. The van der Waals surface area contributed by atoms with Crippen LogP contribution >= 0.6 is 7.60 Å². The van der Waals surface area contributed by atoms with Gasteiger partial charge in [0.15, 0.2) is 0 Å². The molecule has 0 amide bonds. The van der Waals surface area contributed by atoms with Gasteiger partial charge in [0.1, 0.15) is 11.5 Å². The van der Waals surface area contributed by atoms with Crippen LogP contribution in [0.5, 0.6) is 11.5 Å². The number of hydrogen-bond acceptors (Lipinski definition) is 3. The van der Waals surface area contributed by atoms with E-state index in [9.17, 15) is 9.67 Å². The lowest BCUT2D eigenvalue weighted by Crippen LogP contribution is -1.98. The molecular formula is C16H19O5P. The minimum Gasteiger partial charge on any atom is -0.508 e. The lowest BCUT2D eigenvalue weighted by molar-refractivity contribution is 0.337. The van der Waals surface area contributed by atoms with Gasteiger partial charge in [0.2, 0.25) is 0 Å². The first-order chi connectivity index (χ1) is 10.4. The second-order valence-corrected chi connectivity index (χ2v) is 6.65. The van der Waals surface area contributed by atoms with Crippen molar-refractivity contribution in [1.29, 1.82) is 0 Å². The molecule has 3 N–H and O–H groups in total. The summed E-state index contributed by atoms with van der Waals surface area (Å²) < 4.78 is 16.7. The minimum absolute atomic E-state index is 0.0979. The molecule has 2 aromatic rings. The van der Waals surface area contributed by atoms with Gasteiger partial charge in [0.05, 0.1) is 12.8 Å². The fourth-order valence-electron chi connectivity index (χ4n) is 2.27. The van der Waals surface area contributed by atoms with Gasteiger partial charge in [-0.2, -0.15) is 0 Å². The lowest BCUT2D eigenvalue weighted by Gasteiger charge is -2.12. The number of aromatic hydroxyl groups is 1. The van der Waals surface area contributed by atoms with E-state index in [0.29, 0.717) is 24.2 Å². The van der Waals surface area contributed by atoms with Crippen molar-refractivity contribution >= 4 is 7.60 Å². The van der Waals surface area contributed by atoms with Gasteiger partial charge >= 0.3 is 7.60 Å². The summed E-state index contributed by atoms with van der Waals surface area (Å²) in [6.45, 7) is 2.44. The fourth-order valence-corrected chi connectivity index (χ4v) is 2.94. The second kappa shape index (κ2) is 6.97. The fraction of sp³-hybridized carbons (Fsp3) is 0.250. The van der Waals surface area contributed by atoms with Gasteiger partial charge in [0.25, 0.3) is 0 Å². The van der Waals surface area contributed by atoms with Crippen LogP contribution in [0.15, 0.2) is 42.5 Å². The zero-order chi connectivity index (χ0) is 16.2. The third-order valence-corrected chi connectivity index (χ3v) is 3.96. The van der Waals surface area contributed by atoms with E-state index in [2.05, 4.69) is 0 Å². The lowest BCUT2D eigenvalue weighted by atomic mass is 10.0. The SMILES string of the molecule is CCOc1ccccc1Cc1cc(CP(=O)(O)O)ccc1O. The topological polar surface area (TPSA) is 87.0 Å². The van der Waals surface area contributed by atoms with E-state index in [1.807, 2.05) is 31.2 Å². The Morgan fingerprint density at radius 2 is 1.82 bits per heavy atom. The molecule has 2 aromatic carbocycles. The average molecular weight is 322 g/mol. The zero-order valence-electron chi connectivity index (χ0n) is 12.3. The predicted molar refractivity (Wildman–Crippen MR) is 84.3 cm³/mol. The van der Waals surface area contributed by atoms with Crippen molar-refractivity contribution in [3.63, 3.8) is 0 Å². The maximum Gasteiger partial charge on any atom is 0.329 e. The van der Waals surface area contributed by atoms with Crippen molar-refractivity contribution in [1.82, 2.24) is 0 Å². The Balaban J connectivity index is 2.29. The molecule has 0 aromatic heterocycles. The molecule has 0 unspecified atom stereocenters. The van der Waals surface area contributed by atoms with Gasteiger partial charge in [-0.3, -0.25) is 4.57 Å². The van der Waals surface area contributed by atoms with E-state index in [1.54, 1.807) is 6.07 Å². The van der Waals surface area contributed by atoms with Crippen LogP contribution in [0.1, 0.15) is 23.6 Å². The largest absolute Gasteiger partial charge is 0.508 e. The minimum atomic E-state index is -4.13. The second-order valence-electron chi connectivity index (χ2n) is 5.00. The van der Waals surface area contributed by atoms with Gasteiger partial charge < -0.3 is 19.6 Å². The molecule has 0 saturated carbocycles. The maximum absolute atomic E-state index is 11.1. The van der Waals surface area contributed by atoms with Crippen molar-refractivity contribution < 1.29 is 24.2 Å². The van der Waals surface area contributed by atoms with Gasteiger partial charge in [0, 0.05) is 6.42 Å². The first-order valence-electron chi connectivity index (χ1n) is 6.95. The van der Waals surface area contributed by atoms with Gasteiger partial charge in [-0.1, -0.05) is 30.3 Å². The molecule has 0 aliphatic heterocycles. The molecule has 0 heterocycles. The van der Waals surface area contributed by atoms with Crippen molar-refractivity contribution in [3.05, 3.63) is 59.2 Å². The number of para-hydroxylation sites is 1. The van der Waals surface area contributed by atoms with E-state index in [0.717, 1.165) is 11.3 Å². The standard InChI is InChI=1S/C16H19O5P/c1-2-21-16-6-4-3-5-13(16)10-14-9-12(7-8-15(14)17)11-22(18,19)20/h3-9,17H,2,10-11H2,1H3,(H2,18,19,20). The highest BCUT2D eigenvalue weighted by Gasteiger charge is 2.15. The summed E-state index contributed by atoms with van der Waals surface area (Å²) in [6.07, 6.45) is 0.0877. The predicted octanol–water partition coefficient (Wildman–Crippen LogP) is 3.06. The molecular weight excluding hydrogens is 303 g/mol. The molecule has 0 aliphatic rings. The van der Waals surface area contributed by atoms with Crippen molar-refractivity contribution in [2.24, 2.45) is 0 Å². The molecule has 5 nitrogen and oxygen atoms in total. The van der Waals surface area contributed by atoms with Crippen LogP contribution in [-0.4, -0.2) is 21.5 Å². The quantitative estimate of drug-likeness (QED) is 0.712. The number of phenols is 1. The van der Waals surface area contributed by atoms with E-state index < -0.39 is 7.60 Å². The Bertz CT molecular complexity index is 693. The summed E-state index contributed by atoms with van der Waals surface area (Å²) in [5, 5.41) is 9.98. The molecule has 0 aliphatic carbocycles. The average Bonchev–Trinajstić information content (AvgIpc) is 2.43. The summed E-state index contributed by atoms with van der Waals surface area (Å²) in [7, 11) is -4.13. The van der Waals surface area contributed by atoms with Crippen molar-refractivity contribution in [3.8, 4) is 11.5 Å². The molecule has 2 rings (SSSR count). The van der Waals surface area contributed by atoms with E-state index in [4.69, 9.17) is 14.5 Å². The molecule has 6 heteroatoms. The van der Waals surface area contributed by atoms with Gasteiger partial charge in [-0.25, -0.2) is 0 Å². The molecule has 0 atom stereocenters. The zero-order valence-corrected chi connectivity index (χ0v) is 13.2. The summed E-state index contributed by atoms with van der Waals surface area (Å²) >= 11 is 0. The highest BCUT2D eigenvalue weighted by molar-refractivity contribution is 7.50. The van der Waals surface area contributed by atoms with Crippen LogP contribution in [-0.2, 0) is 17.1 Å². The van der Waals surface area contributed by atoms with E-state index in [1.165, 1.54) is 12.1 Å². The molecule has 0 fully saturated rings. The van der Waals surface area contributed by atoms with E-state index in [-0.39, 0.29) is 11.9 Å². The Hall–Kier alpha value is -1.81. The van der Waals surface area contributed by atoms with Crippen LogP contribution in [0.4, 0.5) is 0 Å².